The van der Waals surface area contributed by atoms with E-state index in [1.807, 2.05) is 0 Å². The van der Waals surface area contributed by atoms with Crippen LogP contribution in [-0.4, -0.2) is 97.5 Å². The van der Waals surface area contributed by atoms with Crippen LogP contribution in [0.4, 0.5) is 0 Å². The highest BCUT2D eigenvalue weighted by molar-refractivity contribution is 7.80. The van der Waals surface area contributed by atoms with Gasteiger partial charge in [-0.25, -0.2) is 4.18 Å². The summed E-state index contributed by atoms with van der Waals surface area (Å²) >= 11 is 0. The van der Waals surface area contributed by atoms with Gasteiger partial charge in [0.2, 0.25) is 0 Å². The van der Waals surface area contributed by atoms with Crippen LogP contribution >= 0.6 is 0 Å². The molecular formula is C32H62O12S. The van der Waals surface area contributed by atoms with Crippen molar-refractivity contribution >= 4 is 16.4 Å². The topological polar surface area (TPSA) is 178 Å². The van der Waals surface area contributed by atoms with Gasteiger partial charge in [-0.2, -0.15) is 8.42 Å². The van der Waals surface area contributed by atoms with E-state index in [0.29, 0.717) is 13.0 Å². The van der Waals surface area contributed by atoms with Crippen molar-refractivity contribution in [3.05, 3.63) is 0 Å². The van der Waals surface area contributed by atoms with E-state index in [4.69, 9.17) is 23.5 Å². The van der Waals surface area contributed by atoms with Crippen molar-refractivity contribution in [3.8, 4) is 0 Å². The Hall–Kier alpha value is -0.900. The maximum Gasteiger partial charge on any atom is 0.397 e. The third-order valence-electron chi connectivity index (χ3n) is 7.98. The van der Waals surface area contributed by atoms with Gasteiger partial charge in [0.25, 0.3) is 0 Å². The summed E-state index contributed by atoms with van der Waals surface area (Å²) < 4.78 is 58.4. The molecule has 1 aliphatic rings. The summed E-state index contributed by atoms with van der Waals surface area (Å²) in [6, 6.07) is 0. The lowest BCUT2D eigenvalue weighted by molar-refractivity contribution is -0.301. The molecule has 1 saturated heterocycles. The molecule has 0 aromatic heterocycles. The number of hydrogen-bond acceptors (Lipinski definition) is 11. The lowest BCUT2D eigenvalue weighted by Gasteiger charge is -2.41. The minimum absolute atomic E-state index is 0.0418. The molecule has 0 spiro atoms. The number of ether oxygens (including phenoxy) is 4. The second-order valence-corrected chi connectivity index (χ2v) is 13.2. The van der Waals surface area contributed by atoms with Crippen molar-refractivity contribution in [2.75, 3.05) is 26.4 Å². The molecule has 4 N–H and O–H groups in total. The van der Waals surface area contributed by atoms with E-state index in [2.05, 4.69) is 18.0 Å². The van der Waals surface area contributed by atoms with Crippen LogP contribution in [0.5, 0.6) is 0 Å². The fourth-order valence-corrected chi connectivity index (χ4v) is 5.83. The summed E-state index contributed by atoms with van der Waals surface area (Å²) in [5.41, 5.74) is 0. The summed E-state index contributed by atoms with van der Waals surface area (Å²) in [7, 11) is -5.04. The van der Waals surface area contributed by atoms with E-state index in [1.54, 1.807) is 0 Å². The Morgan fingerprint density at radius 1 is 0.756 bits per heavy atom. The highest BCUT2D eigenvalue weighted by atomic mass is 32.3. The molecule has 45 heavy (non-hydrogen) atoms. The van der Waals surface area contributed by atoms with Gasteiger partial charge in [0.1, 0.15) is 30.5 Å². The molecule has 1 rings (SSSR count). The van der Waals surface area contributed by atoms with Crippen LogP contribution in [0.2, 0.25) is 0 Å². The van der Waals surface area contributed by atoms with Gasteiger partial charge in [0, 0.05) is 13.0 Å². The molecule has 0 aromatic carbocycles. The molecule has 0 amide bonds. The van der Waals surface area contributed by atoms with E-state index in [0.717, 1.165) is 44.9 Å². The van der Waals surface area contributed by atoms with Crippen LogP contribution < -0.4 is 0 Å². The fourth-order valence-electron chi connectivity index (χ4n) is 5.32. The van der Waals surface area contributed by atoms with Crippen LogP contribution in [0.3, 0.4) is 0 Å². The number of hydrogen-bond donors (Lipinski definition) is 4. The normalized spacial score (nSPS) is 22.8. The van der Waals surface area contributed by atoms with Crippen LogP contribution in [0, 0.1) is 0 Å². The molecule has 0 bridgehead atoms. The molecule has 1 heterocycles. The highest BCUT2D eigenvalue weighted by Crippen LogP contribution is 2.26. The lowest BCUT2D eigenvalue weighted by atomic mass is 9.99. The molecule has 0 radical (unpaired) electrons. The minimum Gasteiger partial charge on any atom is -0.457 e. The van der Waals surface area contributed by atoms with Crippen LogP contribution in [0.1, 0.15) is 136 Å². The Balaban J connectivity index is 2.52. The van der Waals surface area contributed by atoms with Crippen LogP contribution in [0.25, 0.3) is 0 Å². The lowest BCUT2D eigenvalue weighted by Crippen LogP contribution is -2.60. The Kier molecular flexibility index (Phi) is 24.4. The standard InChI is InChI=1S/C32H62O12S/c1-3-5-7-9-11-12-13-14-15-16-18-20-22-40-24-26(42-28(34)21-19-17-10-8-6-4-2)25-41-32-30(36)31(44-45(37,38)39)29(35)27(23-33)43-32/h26-27,29-33,35-36H,3-25H2,1-2H3,(H,37,38,39). The van der Waals surface area contributed by atoms with Gasteiger partial charge in [0.15, 0.2) is 6.29 Å². The maximum atomic E-state index is 12.6. The molecule has 6 atom stereocenters. The number of unbranched alkanes of at least 4 members (excludes halogenated alkanes) is 16. The number of carbonyl (C=O) groups is 1. The molecule has 1 fully saturated rings. The van der Waals surface area contributed by atoms with Gasteiger partial charge in [-0.1, -0.05) is 117 Å². The maximum absolute atomic E-state index is 12.6. The highest BCUT2D eigenvalue weighted by Gasteiger charge is 2.48. The van der Waals surface area contributed by atoms with Crippen molar-refractivity contribution in [3.63, 3.8) is 0 Å². The predicted molar refractivity (Wildman–Crippen MR) is 170 cm³/mol. The Morgan fingerprint density at radius 2 is 1.27 bits per heavy atom. The molecule has 268 valence electrons. The summed E-state index contributed by atoms with van der Waals surface area (Å²) in [5, 5.41) is 30.3. The molecule has 6 unspecified atom stereocenters. The zero-order chi connectivity index (χ0) is 33.3. The van der Waals surface area contributed by atoms with Crippen LogP contribution in [0.15, 0.2) is 0 Å². The van der Waals surface area contributed by atoms with Crippen molar-refractivity contribution in [2.45, 2.75) is 173 Å². The first-order valence-electron chi connectivity index (χ1n) is 17.3. The molecule has 0 aromatic rings. The monoisotopic (exact) mass is 670 g/mol. The van der Waals surface area contributed by atoms with E-state index in [1.165, 1.54) is 64.2 Å². The fraction of sp³-hybridized carbons (Fsp3) is 0.969. The Morgan fingerprint density at radius 3 is 1.78 bits per heavy atom. The molecule has 0 saturated carbocycles. The summed E-state index contributed by atoms with van der Waals surface area (Å²) in [5.74, 6) is -0.408. The Labute approximate surface area is 271 Å². The van der Waals surface area contributed by atoms with E-state index < -0.39 is 59.8 Å². The van der Waals surface area contributed by atoms with E-state index in [-0.39, 0.29) is 19.6 Å². The van der Waals surface area contributed by atoms with Crippen molar-refractivity contribution < 1.29 is 56.2 Å². The molecular weight excluding hydrogens is 608 g/mol. The smallest absolute Gasteiger partial charge is 0.397 e. The first-order valence-corrected chi connectivity index (χ1v) is 18.7. The molecule has 0 aliphatic carbocycles. The first kappa shape index (κ1) is 42.1. The van der Waals surface area contributed by atoms with Crippen molar-refractivity contribution in [2.24, 2.45) is 0 Å². The van der Waals surface area contributed by atoms with Gasteiger partial charge >= 0.3 is 16.4 Å². The number of esters is 1. The second-order valence-electron chi connectivity index (χ2n) is 12.1. The van der Waals surface area contributed by atoms with Crippen molar-refractivity contribution in [1.82, 2.24) is 0 Å². The second kappa shape index (κ2) is 26.1. The molecule has 1 aliphatic heterocycles. The van der Waals surface area contributed by atoms with Gasteiger partial charge < -0.3 is 34.3 Å². The number of aliphatic hydroxyl groups is 3. The first-order chi connectivity index (χ1) is 21.6. The minimum atomic E-state index is -5.04. The van der Waals surface area contributed by atoms with Gasteiger partial charge in [-0.15, -0.1) is 0 Å². The third kappa shape index (κ3) is 20.8. The zero-order valence-electron chi connectivity index (χ0n) is 27.7. The largest absolute Gasteiger partial charge is 0.457 e. The van der Waals surface area contributed by atoms with Gasteiger partial charge in [-0.3, -0.25) is 9.35 Å². The summed E-state index contributed by atoms with van der Waals surface area (Å²) in [4.78, 5) is 12.6. The number of aliphatic hydroxyl groups excluding tert-OH is 3. The molecule has 13 heteroatoms. The summed E-state index contributed by atoms with van der Waals surface area (Å²) in [6.07, 6.45) is 11.9. The average Bonchev–Trinajstić information content (AvgIpc) is 3.00. The quantitative estimate of drug-likeness (QED) is 0.0476. The Bertz CT molecular complexity index is 827. The van der Waals surface area contributed by atoms with Gasteiger partial charge in [0.05, 0.1) is 19.8 Å². The molecule has 12 nitrogen and oxygen atoms in total. The number of rotatable bonds is 29. The van der Waals surface area contributed by atoms with E-state index in [9.17, 15) is 28.5 Å². The zero-order valence-corrected chi connectivity index (χ0v) is 28.5. The predicted octanol–water partition coefficient (Wildman–Crippen LogP) is 5.01. The number of carbonyl (C=O) groups excluding carboxylic acids is 1. The van der Waals surface area contributed by atoms with Crippen molar-refractivity contribution in [1.29, 1.82) is 0 Å². The van der Waals surface area contributed by atoms with Gasteiger partial charge in [-0.05, 0) is 12.8 Å². The third-order valence-corrected chi connectivity index (χ3v) is 8.44. The SMILES string of the molecule is CCCCCCCCCCCCCCOCC(COC1OC(CO)C(O)C(OS(=O)(=O)O)C1O)OC(=O)CCCCCCCC. The van der Waals surface area contributed by atoms with E-state index >= 15 is 0 Å². The average molecular weight is 671 g/mol. The van der Waals surface area contributed by atoms with Crippen LogP contribution in [-0.2, 0) is 38.3 Å². The summed E-state index contributed by atoms with van der Waals surface area (Å²) in [6.45, 7) is 3.89.